The Bertz CT molecular complexity index is 1340. The van der Waals surface area contributed by atoms with Crippen molar-refractivity contribution in [1.29, 1.82) is 0 Å². The van der Waals surface area contributed by atoms with E-state index in [1.165, 1.54) is 11.1 Å². The van der Waals surface area contributed by atoms with Gasteiger partial charge in [0.05, 0.1) is 12.8 Å². The summed E-state index contributed by atoms with van der Waals surface area (Å²) in [7, 11) is 1.67. The largest absolute Gasteiger partial charge is 0.495 e. The smallest absolute Gasteiger partial charge is 0.231 e. The molecule has 3 heterocycles. The van der Waals surface area contributed by atoms with Gasteiger partial charge in [0.1, 0.15) is 11.8 Å². The number of rotatable bonds is 5. The number of anilines is 1. The molecule has 1 unspecified atom stereocenters. The molecule has 3 aliphatic heterocycles. The van der Waals surface area contributed by atoms with E-state index in [0.717, 1.165) is 58.2 Å². The minimum Gasteiger partial charge on any atom is -0.495 e. The Labute approximate surface area is 225 Å². The first-order valence-corrected chi connectivity index (χ1v) is 13.0. The van der Waals surface area contributed by atoms with E-state index < -0.39 is 9.83 Å². The van der Waals surface area contributed by atoms with Crippen LogP contribution in [0.3, 0.4) is 0 Å². The molecule has 186 valence electrons. The number of fused-ring (bicyclic) bond motifs is 5. The summed E-state index contributed by atoms with van der Waals surface area (Å²) in [6, 6.07) is 18.0. The lowest BCUT2D eigenvalue weighted by Crippen LogP contribution is -2.41. The van der Waals surface area contributed by atoms with Gasteiger partial charge in [-0.15, -0.1) is 0 Å². The van der Waals surface area contributed by atoms with Crippen LogP contribution in [0.4, 0.5) is 5.69 Å². The highest BCUT2D eigenvalue weighted by atomic mass is 35.6. The second kappa shape index (κ2) is 9.29. The van der Waals surface area contributed by atoms with E-state index in [1.807, 2.05) is 36.4 Å². The van der Waals surface area contributed by atoms with Gasteiger partial charge in [-0.1, -0.05) is 71.2 Å². The highest BCUT2D eigenvalue weighted by molar-refractivity contribution is 6.68. The summed E-state index contributed by atoms with van der Waals surface area (Å²) in [5, 5.41) is 3.60. The molecule has 1 atom stereocenters. The zero-order valence-electron chi connectivity index (χ0n) is 19.7. The quantitative estimate of drug-likeness (QED) is 0.356. The van der Waals surface area contributed by atoms with Gasteiger partial charge in [-0.05, 0) is 53.8 Å². The molecule has 0 bridgehead atoms. The van der Waals surface area contributed by atoms with E-state index in [4.69, 9.17) is 49.0 Å². The molecule has 0 amide bonds. The molecule has 6 rings (SSSR count). The first-order valence-electron chi connectivity index (χ1n) is 11.9. The first kappa shape index (κ1) is 23.7. The normalized spacial score (nSPS) is 17.6. The van der Waals surface area contributed by atoms with Gasteiger partial charge < -0.3 is 24.4 Å². The van der Waals surface area contributed by atoms with Crippen molar-refractivity contribution < 1.29 is 14.2 Å². The lowest BCUT2D eigenvalue weighted by atomic mass is 9.86. The fraction of sp³-hybridized carbons (Fsp3) is 0.286. The average molecular weight is 544 g/mol. The number of nitrogens with one attached hydrogen (secondary N) is 1. The average Bonchev–Trinajstić information content (AvgIpc) is 3.33. The van der Waals surface area contributed by atoms with Crippen LogP contribution in [-0.4, -0.2) is 35.7 Å². The fourth-order valence-corrected chi connectivity index (χ4v) is 6.06. The van der Waals surface area contributed by atoms with Gasteiger partial charge in [0.15, 0.2) is 11.5 Å². The zero-order valence-corrected chi connectivity index (χ0v) is 22.0. The molecule has 3 aromatic carbocycles. The van der Waals surface area contributed by atoms with Crippen molar-refractivity contribution in [3.8, 4) is 17.2 Å². The zero-order chi connectivity index (χ0) is 24.9. The molecule has 0 aromatic heterocycles. The first-order chi connectivity index (χ1) is 17.4. The predicted octanol–water partition coefficient (Wildman–Crippen LogP) is 6.86. The van der Waals surface area contributed by atoms with E-state index in [1.54, 1.807) is 7.11 Å². The summed E-state index contributed by atoms with van der Waals surface area (Å²) in [5.74, 6) is 2.25. The van der Waals surface area contributed by atoms with Crippen LogP contribution in [0.25, 0.3) is 11.8 Å². The van der Waals surface area contributed by atoms with Crippen LogP contribution in [0.5, 0.6) is 17.2 Å². The van der Waals surface area contributed by atoms with Crippen LogP contribution in [-0.2, 0) is 12.8 Å². The van der Waals surface area contributed by atoms with Gasteiger partial charge in [-0.2, -0.15) is 0 Å². The molecule has 0 spiro atoms. The Hall–Kier alpha value is -2.73. The molecule has 0 aliphatic carbocycles. The Kier molecular flexibility index (Phi) is 6.11. The van der Waals surface area contributed by atoms with Crippen molar-refractivity contribution in [1.82, 2.24) is 4.90 Å². The second-order valence-electron chi connectivity index (χ2n) is 9.09. The van der Waals surface area contributed by atoms with Crippen LogP contribution in [0, 0.1) is 0 Å². The van der Waals surface area contributed by atoms with Gasteiger partial charge >= 0.3 is 0 Å². The molecule has 36 heavy (non-hydrogen) atoms. The SMILES string of the molecule is COc1ccc2c(c1NCCc1ccccc1)C(C(Cl)(Cl)Cl)N1CCc3cc4c(cc3C1=C2)OCO4. The maximum Gasteiger partial charge on any atom is 0.231 e. The van der Waals surface area contributed by atoms with Crippen LogP contribution in [0.2, 0.25) is 0 Å². The number of benzene rings is 3. The van der Waals surface area contributed by atoms with Gasteiger partial charge in [0.25, 0.3) is 0 Å². The van der Waals surface area contributed by atoms with Crippen molar-refractivity contribution >= 4 is 52.3 Å². The number of methoxy groups -OCH3 is 1. The summed E-state index contributed by atoms with van der Waals surface area (Å²) in [6.45, 7) is 1.65. The van der Waals surface area contributed by atoms with E-state index >= 15 is 0 Å². The number of ether oxygens (including phenoxy) is 3. The molecule has 3 aliphatic rings. The third-order valence-corrected chi connectivity index (χ3v) is 7.63. The lowest BCUT2D eigenvalue weighted by molar-refractivity contribution is 0.174. The summed E-state index contributed by atoms with van der Waals surface area (Å²) in [6.07, 6.45) is 3.83. The maximum absolute atomic E-state index is 6.73. The van der Waals surface area contributed by atoms with Gasteiger partial charge in [-0.25, -0.2) is 0 Å². The predicted molar refractivity (Wildman–Crippen MR) is 146 cm³/mol. The number of hydrogen-bond donors (Lipinski definition) is 1. The van der Waals surface area contributed by atoms with Crippen LogP contribution < -0.4 is 19.5 Å². The molecule has 1 N–H and O–H groups in total. The van der Waals surface area contributed by atoms with Crippen molar-refractivity contribution in [2.24, 2.45) is 0 Å². The Balaban J connectivity index is 1.45. The van der Waals surface area contributed by atoms with Crippen LogP contribution in [0.1, 0.15) is 33.9 Å². The van der Waals surface area contributed by atoms with E-state index in [2.05, 4.69) is 34.5 Å². The molecule has 3 aromatic rings. The van der Waals surface area contributed by atoms with Crippen molar-refractivity contribution in [3.05, 3.63) is 82.4 Å². The number of alkyl halides is 3. The fourth-order valence-electron chi connectivity index (χ4n) is 5.38. The van der Waals surface area contributed by atoms with Gasteiger partial charge in [-0.3, -0.25) is 0 Å². The number of hydrogen-bond acceptors (Lipinski definition) is 5. The molecule has 0 saturated carbocycles. The van der Waals surface area contributed by atoms with Crippen molar-refractivity contribution in [2.45, 2.75) is 22.7 Å². The number of nitrogens with zero attached hydrogens (tertiary/aromatic N) is 1. The monoisotopic (exact) mass is 542 g/mol. The summed E-state index contributed by atoms with van der Waals surface area (Å²) < 4.78 is 15.4. The van der Waals surface area contributed by atoms with Gasteiger partial charge in [0, 0.05) is 29.9 Å². The third kappa shape index (κ3) is 4.13. The highest BCUT2D eigenvalue weighted by Crippen LogP contribution is 2.55. The van der Waals surface area contributed by atoms with Crippen molar-refractivity contribution in [2.75, 3.05) is 32.3 Å². The molecule has 0 fully saturated rings. The minimum absolute atomic E-state index is 0.235. The molecule has 8 heteroatoms. The third-order valence-electron chi connectivity index (χ3n) is 7.01. The number of halogens is 3. The summed E-state index contributed by atoms with van der Waals surface area (Å²) in [5.41, 5.74) is 7.31. The Morgan fingerprint density at radius 1 is 1.06 bits per heavy atom. The summed E-state index contributed by atoms with van der Waals surface area (Å²) >= 11 is 20.2. The van der Waals surface area contributed by atoms with E-state index in [9.17, 15) is 0 Å². The van der Waals surface area contributed by atoms with E-state index in [-0.39, 0.29) is 6.79 Å². The molecular weight excluding hydrogens is 519 g/mol. The van der Waals surface area contributed by atoms with Crippen LogP contribution in [0.15, 0.2) is 54.6 Å². The summed E-state index contributed by atoms with van der Waals surface area (Å²) in [4.78, 5) is 2.20. The maximum atomic E-state index is 6.73. The molecule has 0 radical (unpaired) electrons. The lowest BCUT2D eigenvalue weighted by Gasteiger charge is -2.46. The van der Waals surface area contributed by atoms with Crippen molar-refractivity contribution in [3.63, 3.8) is 0 Å². The van der Waals surface area contributed by atoms with E-state index in [0.29, 0.717) is 13.1 Å². The highest BCUT2D eigenvalue weighted by Gasteiger charge is 2.46. The molecular formula is C28H25Cl3N2O3. The standard InChI is InChI=1S/C28H25Cl3N2O3/c1-34-22-8-7-19-13-21-20-15-24-23(35-16-36-24)14-18(20)10-12-33(21)27(28(29,30)31)25(19)26(22)32-11-9-17-5-3-2-4-6-17/h2-8,13-15,27,32H,9-12,16H2,1H3. The van der Waals surface area contributed by atoms with Gasteiger partial charge in [0.2, 0.25) is 10.6 Å². The van der Waals surface area contributed by atoms with Crippen LogP contribution >= 0.6 is 34.8 Å². The Morgan fingerprint density at radius 3 is 2.58 bits per heavy atom. The molecule has 0 saturated heterocycles. The topological polar surface area (TPSA) is 43.0 Å². The second-order valence-corrected chi connectivity index (χ2v) is 11.5. The molecule has 5 nitrogen and oxygen atoms in total. The Morgan fingerprint density at radius 2 is 1.83 bits per heavy atom. The minimum atomic E-state index is -1.58.